The molecular formula is C17H23NO6S. The van der Waals surface area contributed by atoms with E-state index in [1.807, 2.05) is 13.8 Å². The second-order valence-electron chi connectivity index (χ2n) is 6.32. The minimum Gasteiger partial charge on any atom is -0.491 e. The van der Waals surface area contributed by atoms with E-state index in [1.54, 1.807) is 24.3 Å². The van der Waals surface area contributed by atoms with Crippen LogP contribution in [0.25, 0.3) is 0 Å². The Hall–Kier alpha value is -2.09. The molecule has 7 nitrogen and oxygen atoms in total. The van der Waals surface area contributed by atoms with Gasteiger partial charge in [0, 0.05) is 6.04 Å². The first-order chi connectivity index (χ1) is 11.7. The molecule has 1 aliphatic rings. The van der Waals surface area contributed by atoms with E-state index in [0.29, 0.717) is 12.2 Å². The van der Waals surface area contributed by atoms with Crippen molar-refractivity contribution in [2.24, 2.45) is 0 Å². The van der Waals surface area contributed by atoms with Gasteiger partial charge in [-0.05, 0) is 38.0 Å². The molecule has 1 saturated heterocycles. The molecule has 1 heterocycles. The van der Waals surface area contributed by atoms with Crippen molar-refractivity contribution in [3.63, 3.8) is 0 Å². The third-order valence-electron chi connectivity index (χ3n) is 3.58. The van der Waals surface area contributed by atoms with E-state index >= 15 is 0 Å². The molecule has 1 amide bonds. The predicted molar refractivity (Wildman–Crippen MR) is 92.1 cm³/mol. The van der Waals surface area contributed by atoms with Crippen molar-refractivity contribution in [1.29, 1.82) is 0 Å². The summed E-state index contributed by atoms with van der Waals surface area (Å²) in [6, 6.07) is 6.72. The monoisotopic (exact) mass is 369 g/mol. The highest BCUT2D eigenvalue weighted by atomic mass is 32.2. The van der Waals surface area contributed by atoms with Gasteiger partial charge in [0.25, 0.3) is 5.91 Å². The summed E-state index contributed by atoms with van der Waals surface area (Å²) >= 11 is 0. The highest BCUT2D eigenvalue weighted by molar-refractivity contribution is 7.91. The van der Waals surface area contributed by atoms with E-state index in [-0.39, 0.29) is 24.0 Å². The first-order valence-corrected chi connectivity index (χ1v) is 9.96. The molecule has 2 rings (SSSR count). The largest absolute Gasteiger partial charge is 0.491 e. The van der Waals surface area contributed by atoms with Gasteiger partial charge in [-0.2, -0.15) is 0 Å². The molecule has 1 atom stereocenters. The van der Waals surface area contributed by atoms with Gasteiger partial charge in [0.1, 0.15) is 5.75 Å². The number of ether oxygens (including phenoxy) is 2. The maximum Gasteiger partial charge on any atom is 0.310 e. The van der Waals surface area contributed by atoms with Crippen molar-refractivity contribution in [1.82, 2.24) is 5.32 Å². The van der Waals surface area contributed by atoms with Crippen molar-refractivity contribution >= 4 is 21.7 Å². The number of benzene rings is 1. The van der Waals surface area contributed by atoms with Crippen LogP contribution >= 0.6 is 0 Å². The quantitative estimate of drug-likeness (QED) is 0.716. The van der Waals surface area contributed by atoms with Gasteiger partial charge < -0.3 is 14.8 Å². The van der Waals surface area contributed by atoms with Crippen LogP contribution in [0.5, 0.6) is 5.75 Å². The molecule has 1 fully saturated rings. The lowest BCUT2D eigenvalue weighted by Gasteiger charge is -2.12. The molecule has 0 bridgehead atoms. The number of carbonyl (C=O) groups is 2. The summed E-state index contributed by atoms with van der Waals surface area (Å²) in [6.07, 6.45) is 0.454. The standard InChI is InChI=1S/C17H23NO6S/c1-12(2)24-15-5-3-4-13(8-15)9-17(20)23-10-16(19)18-14-6-7-25(21,22)11-14/h3-5,8,12,14H,6-7,9-11H2,1-2H3,(H,18,19). The third kappa shape index (κ3) is 6.74. The molecule has 1 aromatic carbocycles. The van der Waals surface area contributed by atoms with Gasteiger partial charge in [-0.15, -0.1) is 0 Å². The van der Waals surface area contributed by atoms with Gasteiger partial charge in [-0.3, -0.25) is 9.59 Å². The Labute approximate surface area is 147 Å². The van der Waals surface area contributed by atoms with E-state index in [4.69, 9.17) is 9.47 Å². The number of amides is 1. The second-order valence-corrected chi connectivity index (χ2v) is 8.55. The first-order valence-electron chi connectivity index (χ1n) is 8.14. The average Bonchev–Trinajstić information content (AvgIpc) is 2.83. The van der Waals surface area contributed by atoms with Crippen LogP contribution in [0.15, 0.2) is 24.3 Å². The van der Waals surface area contributed by atoms with Gasteiger partial charge in [-0.25, -0.2) is 8.42 Å². The Morgan fingerprint density at radius 1 is 1.32 bits per heavy atom. The summed E-state index contributed by atoms with van der Waals surface area (Å²) in [6.45, 7) is 3.40. The summed E-state index contributed by atoms with van der Waals surface area (Å²) in [4.78, 5) is 23.6. The van der Waals surface area contributed by atoms with Crippen molar-refractivity contribution in [3.05, 3.63) is 29.8 Å². The van der Waals surface area contributed by atoms with Gasteiger partial charge in [0.05, 0.1) is 24.0 Å². The Bertz CT molecular complexity index is 728. The number of sulfone groups is 1. The highest BCUT2D eigenvalue weighted by Gasteiger charge is 2.29. The molecule has 0 aromatic heterocycles. The maximum absolute atomic E-state index is 11.9. The Balaban J connectivity index is 1.76. The van der Waals surface area contributed by atoms with Crippen LogP contribution in [0, 0.1) is 0 Å². The fourth-order valence-corrected chi connectivity index (χ4v) is 4.22. The molecule has 1 aromatic rings. The molecule has 0 spiro atoms. The number of carbonyl (C=O) groups excluding carboxylic acids is 2. The van der Waals surface area contributed by atoms with Crippen LogP contribution in [0.2, 0.25) is 0 Å². The summed E-state index contributed by atoms with van der Waals surface area (Å²) < 4.78 is 33.2. The fraction of sp³-hybridized carbons (Fsp3) is 0.529. The summed E-state index contributed by atoms with van der Waals surface area (Å²) in [7, 11) is -3.06. The minimum atomic E-state index is -3.06. The zero-order valence-corrected chi connectivity index (χ0v) is 15.2. The predicted octanol–water partition coefficient (Wildman–Crippen LogP) is 0.863. The zero-order chi connectivity index (χ0) is 18.4. The van der Waals surface area contributed by atoms with Crippen LogP contribution in [0.4, 0.5) is 0 Å². The lowest BCUT2D eigenvalue weighted by atomic mass is 10.1. The van der Waals surface area contributed by atoms with E-state index in [1.165, 1.54) is 0 Å². The van der Waals surface area contributed by atoms with Gasteiger partial charge >= 0.3 is 5.97 Å². The SMILES string of the molecule is CC(C)Oc1cccc(CC(=O)OCC(=O)NC2CCS(=O)(=O)C2)c1. The maximum atomic E-state index is 11.9. The molecule has 1 N–H and O–H groups in total. The summed E-state index contributed by atoms with van der Waals surface area (Å²) in [5, 5.41) is 2.57. The van der Waals surface area contributed by atoms with Gasteiger partial charge in [0.2, 0.25) is 0 Å². The van der Waals surface area contributed by atoms with E-state index in [9.17, 15) is 18.0 Å². The number of hydrogen-bond acceptors (Lipinski definition) is 6. The number of rotatable bonds is 7. The Morgan fingerprint density at radius 2 is 2.08 bits per heavy atom. The van der Waals surface area contributed by atoms with Crippen LogP contribution in [0.3, 0.4) is 0 Å². The third-order valence-corrected chi connectivity index (χ3v) is 5.35. The smallest absolute Gasteiger partial charge is 0.310 e. The number of esters is 1. The molecule has 1 aliphatic heterocycles. The van der Waals surface area contributed by atoms with Crippen LogP contribution < -0.4 is 10.1 Å². The van der Waals surface area contributed by atoms with Crippen LogP contribution in [-0.2, 0) is 30.6 Å². The lowest BCUT2D eigenvalue weighted by molar-refractivity contribution is -0.148. The zero-order valence-electron chi connectivity index (χ0n) is 14.4. The van der Waals surface area contributed by atoms with Crippen molar-refractivity contribution < 1.29 is 27.5 Å². The first kappa shape index (κ1) is 19.2. The summed E-state index contributed by atoms with van der Waals surface area (Å²) in [5.74, 6) is -0.342. The topological polar surface area (TPSA) is 98.8 Å². The number of nitrogens with one attached hydrogen (secondary N) is 1. The fourth-order valence-electron chi connectivity index (χ4n) is 2.54. The molecule has 138 valence electrons. The lowest BCUT2D eigenvalue weighted by Crippen LogP contribution is -2.38. The van der Waals surface area contributed by atoms with Crippen molar-refractivity contribution in [2.45, 2.75) is 38.8 Å². The Morgan fingerprint density at radius 3 is 2.72 bits per heavy atom. The van der Waals surface area contributed by atoms with Crippen LogP contribution in [-0.4, -0.2) is 50.6 Å². The molecule has 0 radical (unpaired) electrons. The van der Waals surface area contributed by atoms with E-state index < -0.39 is 34.4 Å². The molecule has 0 saturated carbocycles. The molecule has 1 unspecified atom stereocenters. The Kier molecular flexibility index (Phi) is 6.41. The minimum absolute atomic E-state index is 0.0282. The molecule has 0 aliphatic carbocycles. The van der Waals surface area contributed by atoms with Crippen LogP contribution in [0.1, 0.15) is 25.8 Å². The second kappa shape index (κ2) is 8.33. The van der Waals surface area contributed by atoms with E-state index in [0.717, 1.165) is 5.56 Å². The summed E-state index contributed by atoms with van der Waals surface area (Å²) in [5.41, 5.74) is 0.727. The molecule has 8 heteroatoms. The normalized spacial score (nSPS) is 18.8. The average molecular weight is 369 g/mol. The number of hydrogen-bond donors (Lipinski definition) is 1. The van der Waals surface area contributed by atoms with Gasteiger partial charge in [0.15, 0.2) is 16.4 Å². The van der Waals surface area contributed by atoms with Crippen molar-refractivity contribution in [3.8, 4) is 5.75 Å². The highest BCUT2D eigenvalue weighted by Crippen LogP contribution is 2.15. The van der Waals surface area contributed by atoms with E-state index in [2.05, 4.69) is 5.32 Å². The molecular weight excluding hydrogens is 346 g/mol. The molecule has 25 heavy (non-hydrogen) atoms. The van der Waals surface area contributed by atoms with Gasteiger partial charge in [-0.1, -0.05) is 12.1 Å². The van der Waals surface area contributed by atoms with Crippen molar-refractivity contribution in [2.75, 3.05) is 18.1 Å².